The summed E-state index contributed by atoms with van der Waals surface area (Å²) >= 11 is 0. The SMILES string of the molecule is COCC(C)NC(N)=NCc1ccc(OC2CCCC2)c(OC)c1.I. The van der Waals surface area contributed by atoms with E-state index in [0.29, 0.717) is 25.2 Å². The lowest BCUT2D eigenvalue weighted by Crippen LogP contribution is -2.40. The fourth-order valence-electron chi connectivity index (χ4n) is 2.86. The van der Waals surface area contributed by atoms with E-state index in [1.807, 2.05) is 25.1 Å². The van der Waals surface area contributed by atoms with Crippen LogP contribution >= 0.6 is 24.0 Å². The summed E-state index contributed by atoms with van der Waals surface area (Å²) in [7, 11) is 3.32. The van der Waals surface area contributed by atoms with Crippen molar-refractivity contribution in [2.24, 2.45) is 10.7 Å². The van der Waals surface area contributed by atoms with Crippen molar-refractivity contribution in [1.82, 2.24) is 5.32 Å². The van der Waals surface area contributed by atoms with Crippen molar-refractivity contribution >= 4 is 29.9 Å². The molecule has 1 unspecified atom stereocenters. The quantitative estimate of drug-likeness (QED) is 0.352. The molecule has 1 aromatic rings. The molecule has 25 heavy (non-hydrogen) atoms. The van der Waals surface area contributed by atoms with E-state index in [4.69, 9.17) is 19.9 Å². The van der Waals surface area contributed by atoms with Crippen LogP contribution in [0, 0.1) is 0 Å². The van der Waals surface area contributed by atoms with E-state index in [-0.39, 0.29) is 30.0 Å². The molecule has 0 heterocycles. The molecule has 3 N–H and O–H groups in total. The maximum atomic E-state index is 6.05. The minimum absolute atomic E-state index is 0. The molecule has 1 saturated carbocycles. The molecule has 0 bridgehead atoms. The summed E-state index contributed by atoms with van der Waals surface area (Å²) in [4.78, 5) is 4.36. The second-order valence-corrected chi connectivity index (χ2v) is 6.21. The molecule has 1 aliphatic carbocycles. The van der Waals surface area contributed by atoms with Gasteiger partial charge in [-0.2, -0.15) is 0 Å². The van der Waals surface area contributed by atoms with Crippen LogP contribution in [0.5, 0.6) is 11.5 Å². The minimum Gasteiger partial charge on any atom is -0.493 e. The highest BCUT2D eigenvalue weighted by atomic mass is 127. The smallest absolute Gasteiger partial charge is 0.189 e. The Labute approximate surface area is 167 Å². The van der Waals surface area contributed by atoms with Crippen LogP contribution in [-0.2, 0) is 11.3 Å². The Morgan fingerprint density at radius 1 is 1.28 bits per heavy atom. The Morgan fingerprint density at radius 3 is 2.64 bits per heavy atom. The summed E-state index contributed by atoms with van der Waals surface area (Å²) in [5.41, 5.74) is 6.91. The number of hydrogen-bond donors (Lipinski definition) is 2. The normalized spacial score (nSPS) is 16.2. The van der Waals surface area contributed by atoms with E-state index in [1.54, 1.807) is 14.2 Å². The number of nitrogens with one attached hydrogen (secondary N) is 1. The van der Waals surface area contributed by atoms with Crippen molar-refractivity contribution in [3.8, 4) is 11.5 Å². The average molecular weight is 463 g/mol. The molecule has 1 aromatic carbocycles. The van der Waals surface area contributed by atoms with Crippen LogP contribution in [-0.4, -0.2) is 38.9 Å². The number of hydrogen-bond acceptors (Lipinski definition) is 4. The van der Waals surface area contributed by atoms with E-state index in [1.165, 1.54) is 12.8 Å². The Morgan fingerprint density at radius 2 is 2.00 bits per heavy atom. The van der Waals surface area contributed by atoms with Crippen LogP contribution in [0.25, 0.3) is 0 Å². The molecule has 0 spiro atoms. The summed E-state index contributed by atoms with van der Waals surface area (Å²) in [6, 6.07) is 6.04. The lowest BCUT2D eigenvalue weighted by atomic mass is 10.2. The Balaban J connectivity index is 0.00000312. The summed E-state index contributed by atoms with van der Waals surface area (Å²) < 4.78 is 16.6. The lowest BCUT2D eigenvalue weighted by molar-refractivity contribution is 0.179. The fraction of sp³-hybridized carbons (Fsp3) is 0.611. The number of ether oxygens (including phenoxy) is 3. The molecule has 7 heteroatoms. The van der Waals surface area contributed by atoms with Gasteiger partial charge in [0.15, 0.2) is 17.5 Å². The van der Waals surface area contributed by atoms with Gasteiger partial charge in [0.1, 0.15) is 0 Å². The van der Waals surface area contributed by atoms with Crippen LogP contribution in [0.3, 0.4) is 0 Å². The van der Waals surface area contributed by atoms with Crippen LogP contribution < -0.4 is 20.5 Å². The van der Waals surface area contributed by atoms with Crippen LogP contribution in [0.2, 0.25) is 0 Å². The van der Waals surface area contributed by atoms with Crippen molar-refractivity contribution in [3.05, 3.63) is 23.8 Å². The number of rotatable bonds is 8. The predicted octanol–water partition coefficient (Wildman–Crippen LogP) is 3.07. The van der Waals surface area contributed by atoms with E-state index < -0.39 is 0 Å². The fourth-order valence-corrected chi connectivity index (χ4v) is 2.86. The van der Waals surface area contributed by atoms with Crippen LogP contribution in [0.15, 0.2) is 23.2 Å². The van der Waals surface area contributed by atoms with E-state index in [0.717, 1.165) is 29.9 Å². The maximum Gasteiger partial charge on any atom is 0.189 e. The number of guanidine groups is 1. The summed E-state index contributed by atoms with van der Waals surface area (Å²) in [6.07, 6.45) is 5.04. The first-order chi connectivity index (χ1) is 11.6. The third kappa shape index (κ3) is 7.27. The van der Waals surface area contributed by atoms with E-state index in [9.17, 15) is 0 Å². The largest absolute Gasteiger partial charge is 0.493 e. The zero-order valence-corrected chi connectivity index (χ0v) is 17.6. The lowest BCUT2D eigenvalue weighted by Gasteiger charge is -2.16. The number of halogens is 1. The van der Waals surface area contributed by atoms with Crippen molar-refractivity contribution in [1.29, 1.82) is 0 Å². The van der Waals surface area contributed by atoms with Crippen LogP contribution in [0.1, 0.15) is 38.2 Å². The Kier molecular flexibility index (Phi) is 9.96. The second kappa shape index (κ2) is 11.4. The third-order valence-electron chi connectivity index (χ3n) is 4.07. The molecule has 1 aliphatic rings. The first-order valence-electron chi connectivity index (χ1n) is 8.51. The number of nitrogens with two attached hydrogens (primary N) is 1. The Hall–Kier alpha value is -1.22. The van der Waals surface area contributed by atoms with Gasteiger partial charge in [-0.25, -0.2) is 4.99 Å². The van der Waals surface area contributed by atoms with Gasteiger partial charge in [-0.3, -0.25) is 0 Å². The molecular formula is C18H30IN3O3. The van der Waals surface area contributed by atoms with Crippen molar-refractivity contribution in [2.45, 2.75) is 51.3 Å². The molecule has 0 amide bonds. The number of methoxy groups -OCH3 is 2. The number of benzene rings is 1. The van der Waals surface area contributed by atoms with Gasteiger partial charge in [0.25, 0.3) is 0 Å². The highest BCUT2D eigenvalue weighted by Crippen LogP contribution is 2.32. The van der Waals surface area contributed by atoms with Crippen molar-refractivity contribution < 1.29 is 14.2 Å². The molecule has 0 radical (unpaired) electrons. The standard InChI is InChI=1S/C18H29N3O3.HI/c1-13(12-22-2)21-18(19)20-11-14-8-9-16(17(10-14)23-3)24-15-6-4-5-7-15;/h8-10,13,15H,4-7,11-12H2,1-3H3,(H3,19,20,21);1H. The van der Waals surface area contributed by atoms with Crippen molar-refractivity contribution in [2.75, 3.05) is 20.8 Å². The molecule has 1 fully saturated rings. The molecule has 2 rings (SSSR count). The first kappa shape index (κ1) is 21.8. The highest BCUT2D eigenvalue weighted by molar-refractivity contribution is 14.0. The Bertz CT molecular complexity index is 548. The van der Waals surface area contributed by atoms with Gasteiger partial charge in [-0.1, -0.05) is 6.07 Å². The molecule has 142 valence electrons. The van der Waals surface area contributed by atoms with Gasteiger partial charge in [0.2, 0.25) is 0 Å². The van der Waals surface area contributed by atoms with Crippen LogP contribution in [0.4, 0.5) is 0 Å². The molecule has 0 aliphatic heterocycles. The molecular weight excluding hydrogens is 433 g/mol. The first-order valence-corrected chi connectivity index (χ1v) is 8.51. The van der Waals surface area contributed by atoms with Gasteiger partial charge < -0.3 is 25.3 Å². The van der Waals surface area contributed by atoms with E-state index in [2.05, 4.69) is 10.3 Å². The zero-order chi connectivity index (χ0) is 17.4. The summed E-state index contributed by atoms with van der Waals surface area (Å²) in [5, 5.41) is 3.09. The van der Waals surface area contributed by atoms with E-state index >= 15 is 0 Å². The highest BCUT2D eigenvalue weighted by Gasteiger charge is 2.18. The molecule has 6 nitrogen and oxygen atoms in total. The van der Waals surface area contributed by atoms with Gasteiger partial charge >= 0.3 is 0 Å². The summed E-state index contributed by atoms with van der Waals surface area (Å²) in [5.74, 6) is 1.95. The zero-order valence-electron chi connectivity index (χ0n) is 15.3. The maximum absolute atomic E-state index is 6.05. The minimum atomic E-state index is 0. The number of aliphatic imine (C=N–C) groups is 1. The molecule has 1 atom stereocenters. The van der Waals surface area contributed by atoms with Gasteiger partial charge in [-0.05, 0) is 50.3 Å². The average Bonchev–Trinajstić information content (AvgIpc) is 3.07. The van der Waals surface area contributed by atoms with Crippen molar-refractivity contribution in [3.63, 3.8) is 0 Å². The predicted molar refractivity (Wildman–Crippen MR) is 111 cm³/mol. The summed E-state index contributed by atoms with van der Waals surface area (Å²) in [6.45, 7) is 3.06. The number of nitrogens with zero attached hydrogens (tertiary/aromatic N) is 1. The monoisotopic (exact) mass is 463 g/mol. The molecule has 0 saturated heterocycles. The van der Waals surface area contributed by atoms with Gasteiger partial charge in [-0.15, -0.1) is 24.0 Å². The van der Waals surface area contributed by atoms with Gasteiger partial charge in [0.05, 0.1) is 26.4 Å². The topological polar surface area (TPSA) is 78.1 Å². The second-order valence-electron chi connectivity index (χ2n) is 6.21. The van der Waals surface area contributed by atoms with Gasteiger partial charge in [0, 0.05) is 13.2 Å². The molecule has 0 aromatic heterocycles. The third-order valence-corrected chi connectivity index (χ3v) is 4.07.